The predicted molar refractivity (Wildman–Crippen MR) is 173 cm³/mol. The van der Waals surface area contributed by atoms with E-state index in [2.05, 4.69) is 114 Å². The number of fused-ring (bicyclic) bond motifs is 2. The number of hydrogen-bond donors (Lipinski definition) is 0. The zero-order valence-corrected chi connectivity index (χ0v) is 23.6. The maximum absolute atomic E-state index is 9.41. The van der Waals surface area contributed by atoms with E-state index in [1.54, 1.807) is 12.1 Å². The Morgan fingerprint density at radius 1 is 0.605 bits per heavy atom. The normalized spacial score (nSPS) is 13.7. The van der Waals surface area contributed by atoms with Crippen LogP contribution in [0.1, 0.15) is 41.8 Å². The summed E-state index contributed by atoms with van der Waals surface area (Å²) in [5.74, 6) is 0.319. The first-order valence-electron chi connectivity index (χ1n) is 14.4. The first kappa shape index (κ1) is 26.1. The molecule has 0 fully saturated rings. The highest BCUT2D eigenvalue weighted by molar-refractivity contribution is 6.10. The minimum Gasteiger partial charge on any atom is -0.237 e. The summed E-state index contributed by atoms with van der Waals surface area (Å²) in [5.41, 5.74) is 11.6. The fraction of sp³-hybridized carbons (Fsp3) is 0.0769. The van der Waals surface area contributed by atoms with E-state index in [4.69, 9.17) is 0 Å². The van der Waals surface area contributed by atoms with Crippen LogP contribution in [-0.4, -0.2) is 9.97 Å². The molecule has 0 saturated carbocycles. The number of hydrogen-bond acceptors (Lipinski definition) is 4. The van der Waals surface area contributed by atoms with Crippen molar-refractivity contribution in [2.24, 2.45) is 0 Å². The van der Waals surface area contributed by atoms with Crippen LogP contribution >= 0.6 is 0 Å². The van der Waals surface area contributed by atoms with E-state index in [1.165, 1.54) is 33.0 Å². The first-order valence-corrected chi connectivity index (χ1v) is 14.4. The van der Waals surface area contributed by atoms with E-state index < -0.39 is 0 Å². The Bertz CT molecular complexity index is 2160. The molecule has 2 aromatic heterocycles. The van der Waals surface area contributed by atoms with E-state index >= 15 is 0 Å². The number of nitriles is 2. The van der Waals surface area contributed by atoms with Crippen molar-refractivity contribution < 1.29 is 0 Å². The molecule has 7 rings (SSSR count). The van der Waals surface area contributed by atoms with Crippen molar-refractivity contribution in [1.29, 1.82) is 10.5 Å². The Morgan fingerprint density at radius 3 is 1.70 bits per heavy atom. The van der Waals surface area contributed by atoms with Crippen LogP contribution in [0.15, 0.2) is 115 Å². The summed E-state index contributed by atoms with van der Waals surface area (Å²) in [7, 11) is 0. The molecule has 0 bridgehead atoms. The number of nitrogens with zero attached hydrogens (tertiary/aromatic N) is 4. The summed E-state index contributed by atoms with van der Waals surface area (Å²) in [6.07, 6.45) is 5.53. The van der Waals surface area contributed by atoms with Gasteiger partial charge in [-0.3, -0.25) is 0 Å². The summed E-state index contributed by atoms with van der Waals surface area (Å²) >= 11 is 0. The summed E-state index contributed by atoms with van der Waals surface area (Å²) in [5, 5.41) is 21.2. The van der Waals surface area contributed by atoms with Crippen molar-refractivity contribution in [3.8, 4) is 56.9 Å². The summed E-state index contributed by atoms with van der Waals surface area (Å²) in [6.45, 7) is 2.31. The number of benzene rings is 4. The molecule has 1 atom stereocenters. The van der Waals surface area contributed by atoms with Gasteiger partial charge in [0.25, 0.3) is 0 Å². The molecule has 4 aromatic carbocycles. The van der Waals surface area contributed by atoms with Crippen molar-refractivity contribution in [1.82, 2.24) is 9.97 Å². The lowest BCUT2D eigenvalue weighted by Crippen LogP contribution is -2.06. The molecule has 202 valence electrons. The summed E-state index contributed by atoms with van der Waals surface area (Å²) < 4.78 is 0. The Labute approximate surface area is 250 Å². The van der Waals surface area contributed by atoms with Crippen LogP contribution in [0.2, 0.25) is 0 Å². The summed E-state index contributed by atoms with van der Waals surface area (Å²) in [4.78, 5) is 9.12. The Morgan fingerprint density at radius 2 is 1.12 bits per heavy atom. The van der Waals surface area contributed by atoms with Crippen molar-refractivity contribution in [2.75, 3.05) is 0 Å². The van der Waals surface area contributed by atoms with Gasteiger partial charge in [0.05, 0.1) is 11.4 Å². The van der Waals surface area contributed by atoms with Crippen LogP contribution in [0.3, 0.4) is 0 Å². The molecule has 43 heavy (non-hydrogen) atoms. The predicted octanol–water partition coefficient (Wildman–Crippen LogP) is 9.56. The number of aromatic nitrogens is 2. The lowest BCUT2D eigenvalue weighted by atomic mass is 9.76. The second-order valence-corrected chi connectivity index (χ2v) is 10.9. The van der Waals surface area contributed by atoms with Gasteiger partial charge in [0, 0.05) is 11.1 Å². The maximum Gasteiger partial charge on any atom is 0.141 e. The molecule has 4 nitrogen and oxygen atoms in total. The molecule has 1 aliphatic rings. The van der Waals surface area contributed by atoms with Gasteiger partial charge < -0.3 is 0 Å². The van der Waals surface area contributed by atoms with Gasteiger partial charge >= 0.3 is 0 Å². The molecule has 6 aromatic rings. The van der Waals surface area contributed by atoms with E-state index in [9.17, 15) is 10.5 Å². The van der Waals surface area contributed by atoms with Crippen LogP contribution in [0.25, 0.3) is 61.6 Å². The van der Waals surface area contributed by atoms with Gasteiger partial charge in [-0.25, -0.2) is 9.97 Å². The highest BCUT2D eigenvalue weighted by Gasteiger charge is 2.25. The van der Waals surface area contributed by atoms with Gasteiger partial charge in [-0.1, -0.05) is 91.9 Å². The van der Waals surface area contributed by atoms with Gasteiger partial charge in [-0.2, -0.15) is 10.5 Å². The molecule has 0 amide bonds. The van der Waals surface area contributed by atoms with Gasteiger partial charge in [0.15, 0.2) is 0 Å². The average molecular weight is 551 g/mol. The van der Waals surface area contributed by atoms with Gasteiger partial charge in [0.1, 0.15) is 23.5 Å². The first-order chi connectivity index (χ1) is 21.1. The Kier molecular flexibility index (Phi) is 6.59. The topological polar surface area (TPSA) is 73.4 Å². The van der Waals surface area contributed by atoms with Gasteiger partial charge in [-0.05, 0) is 92.9 Å². The zero-order valence-electron chi connectivity index (χ0n) is 23.6. The van der Waals surface area contributed by atoms with Crippen molar-refractivity contribution >= 4 is 16.8 Å². The van der Waals surface area contributed by atoms with Gasteiger partial charge in [-0.15, -0.1) is 0 Å². The zero-order chi connectivity index (χ0) is 29.3. The molecule has 2 heterocycles. The third-order valence-corrected chi connectivity index (χ3v) is 8.18. The smallest absolute Gasteiger partial charge is 0.141 e. The highest BCUT2D eigenvalue weighted by Crippen LogP contribution is 2.48. The van der Waals surface area contributed by atoms with E-state index in [0.29, 0.717) is 17.3 Å². The molecular weight excluding hydrogens is 524 g/mol. The third kappa shape index (κ3) is 4.66. The Balaban J connectivity index is 1.48. The fourth-order valence-electron chi connectivity index (χ4n) is 6.28. The molecule has 0 aliphatic heterocycles. The maximum atomic E-state index is 9.41. The number of rotatable bonds is 4. The lowest BCUT2D eigenvalue weighted by molar-refractivity contribution is 0.775. The average Bonchev–Trinajstić information content (AvgIpc) is 3.07. The molecule has 0 saturated heterocycles. The monoisotopic (exact) mass is 550 g/mol. The minimum atomic E-state index is 0.319. The highest BCUT2D eigenvalue weighted by atomic mass is 14.7. The second-order valence-electron chi connectivity index (χ2n) is 10.9. The lowest BCUT2D eigenvalue weighted by Gasteiger charge is -2.28. The standard InChI is InChI=1S/C39H26N4/c1-25-9-4-18-34-37(25)39(29-13-6-11-27(22-29)36-20-8-15-31(24-41)43-36)33-17-3-2-16-32(33)38(34)28-12-5-10-26(21-28)35-19-7-14-30(23-40)42-35/h2-8,10-22,25H,9H2,1H3. The van der Waals surface area contributed by atoms with Crippen LogP contribution in [0, 0.1) is 22.7 Å². The van der Waals surface area contributed by atoms with Crippen LogP contribution in [0.5, 0.6) is 0 Å². The molecule has 4 heteroatoms. The van der Waals surface area contributed by atoms with E-state index in [-0.39, 0.29) is 0 Å². The Hall–Kier alpha value is -5.84. The molecule has 1 aliphatic carbocycles. The molecular formula is C39H26N4. The second kappa shape index (κ2) is 10.9. The molecule has 1 unspecified atom stereocenters. The minimum absolute atomic E-state index is 0.319. The van der Waals surface area contributed by atoms with E-state index in [1.807, 2.05) is 24.3 Å². The molecule has 0 N–H and O–H groups in total. The van der Waals surface area contributed by atoms with Crippen LogP contribution < -0.4 is 0 Å². The van der Waals surface area contributed by atoms with Crippen molar-refractivity contribution in [3.05, 3.63) is 138 Å². The van der Waals surface area contributed by atoms with E-state index in [0.717, 1.165) is 40.1 Å². The van der Waals surface area contributed by atoms with Gasteiger partial charge in [0.2, 0.25) is 0 Å². The van der Waals surface area contributed by atoms with Crippen LogP contribution in [-0.2, 0) is 0 Å². The van der Waals surface area contributed by atoms with Crippen molar-refractivity contribution in [3.63, 3.8) is 0 Å². The molecule has 0 spiro atoms. The fourth-order valence-corrected chi connectivity index (χ4v) is 6.28. The number of allylic oxidation sites excluding steroid dienone is 1. The number of pyridine rings is 2. The van der Waals surface area contributed by atoms with Crippen molar-refractivity contribution in [2.45, 2.75) is 19.3 Å². The SMILES string of the molecule is CC1CC=Cc2c1c(-c1cccc(-c3cccc(C#N)n3)c1)c1ccccc1c2-c1cccc(-c2cccc(C#N)n2)c1. The largest absolute Gasteiger partial charge is 0.237 e. The third-order valence-electron chi connectivity index (χ3n) is 8.18. The van der Waals surface area contributed by atoms with Crippen LogP contribution in [0.4, 0.5) is 0 Å². The quantitative estimate of drug-likeness (QED) is 0.219. The summed E-state index contributed by atoms with van der Waals surface area (Å²) in [6, 6.07) is 41.1. The molecule has 0 radical (unpaired) electrons.